The molecule has 1 atom stereocenters. The van der Waals surface area contributed by atoms with Gasteiger partial charge in [-0.15, -0.1) is 0 Å². The van der Waals surface area contributed by atoms with Gasteiger partial charge in [-0.1, -0.05) is 0 Å². The van der Waals surface area contributed by atoms with Crippen LogP contribution in [0.2, 0.25) is 0 Å². The van der Waals surface area contributed by atoms with Crippen molar-refractivity contribution in [3.05, 3.63) is 0 Å². The van der Waals surface area contributed by atoms with Gasteiger partial charge in [0.05, 0.1) is 19.3 Å². The molecular formula is C10H22F2N2O2. The highest BCUT2D eigenvalue weighted by Gasteiger charge is 2.14. The number of nitrogens with zero attached hydrogens (tertiary/aromatic N) is 1. The van der Waals surface area contributed by atoms with Crippen LogP contribution in [-0.4, -0.2) is 61.9 Å². The fourth-order valence-electron chi connectivity index (χ4n) is 1.46. The second kappa shape index (κ2) is 9.89. The lowest BCUT2D eigenvalue weighted by Gasteiger charge is -2.23. The SMILES string of the molecule is CCOC(CN)CCN(CCO)CC(F)F. The monoisotopic (exact) mass is 240 g/mol. The van der Waals surface area contributed by atoms with E-state index in [1.165, 1.54) is 4.90 Å². The van der Waals surface area contributed by atoms with E-state index in [0.717, 1.165) is 0 Å². The summed E-state index contributed by atoms with van der Waals surface area (Å²) in [5.74, 6) is 0. The summed E-state index contributed by atoms with van der Waals surface area (Å²) < 4.78 is 29.7. The van der Waals surface area contributed by atoms with Crippen LogP contribution in [0.25, 0.3) is 0 Å². The molecule has 0 aliphatic heterocycles. The Hall–Kier alpha value is -0.300. The lowest BCUT2D eigenvalue weighted by molar-refractivity contribution is 0.0385. The van der Waals surface area contributed by atoms with Gasteiger partial charge in [-0.3, -0.25) is 4.90 Å². The standard InChI is InChI=1S/C10H22F2N2O2/c1-2-16-9(7-13)3-4-14(5-6-15)8-10(11)12/h9-10,15H,2-8,13H2,1H3. The molecule has 0 spiro atoms. The molecule has 0 heterocycles. The van der Waals surface area contributed by atoms with Gasteiger partial charge in [-0.2, -0.15) is 0 Å². The summed E-state index contributed by atoms with van der Waals surface area (Å²) in [5, 5.41) is 8.73. The van der Waals surface area contributed by atoms with E-state index in [1.807, 2.05) is 6.92 Å². The van der Waals surface area contributed by atoms with Gasteiger partial charge >= 0.3 is 0 Å². The fraction of sp³-hybridized carbons (Fsp3) is 1.00. The van der Waals surface area contributed by atoms with Crippen molar-refractivity contribution in [3.8, 4) is 0 Å². The molecule has 4 nitrogen and oxygen atoms in total. The summed E-state index contributed by atoms with van der Waals surface area (Å²) >= 11 is 0. The minimum absolute atomic E-state index is 0.0936. The molecule has 0 aromatic carbocycles. The highest BCUT2D eigenvalue weighted by Crippen LogP contribution is 2.03. The van der Waals surface area contributed by atoms with Crippen molar-refractivity contribution in [3.63, 3.8) is 0 Å². The summed E-state index contributed by atoms with van der Waals surface area (Å²) in [6.07, 6.45) is -1.87. The van der Waals surface area contributed by atoms with Crippen LogP contribution in [0.1, 0.15) is 13.3 Å². The molecule has 0 radical (unpaired) electrons. The Balaban J connectivity index is 3.88. The Morgan fingerprint density at radius 1 is 1.38 bits per heavy atom. The van der Waals surface area contributed by atoms with Crippen molar-refractivity contribution in [1.29, 1.82) is 0 Å². The summed E-state index contributed by atoms with van der Waals surface area (Å²) in [7, 11) is 0. The number of hydrogen-bond donors (Lipinski definition) is 2. The van der Waals surface area contributed by atoms with Gasteiger partial charge in [-0.05, 0) is 13.3 Å². The van der Waals surface area contributed by atoms with Gasteiger partial charge in [0.1, 0.15) is 0 Å². The van der Waals surface area contributed by atoms with Crippen molar-refractivity contribution >= 4 is 0 Å². The zero-order chi connectivity index (χ0) is 12.4. The van der Waals surface area contributed by atoms with E-state index in [4.69, 9.17) is 15.6 Å². The number of rotatable bonds is 10. The average molecular weight is 240 g/mol. The van der Waals surface area contributed by atoms with Crippen LogP contribution >= 0.6 is 0 Å². The summed E-state index contributed by atoms with van der Waals surface area (Å²) in [5.41, 5.74) is 5.48. The summed E-state index contributed by atoms with van der Waals surface area (Å²) in [6, 6.07) is 0. The van der Waals surface area contributed by atoms with Crippen LogP contribution in [0.4, 0.5) is 8.78 Å². The molecule has 0 aromatic rings. The van der Waals surface area contributed by atoms with Crippen LogP contribution in [0.3, 0.4) is 0 Å². The molecule has 0 aliphatic carbocycles. The normalized spacial score (nSPS) is 13.7. The number of hydrogen-bond acceptors (Lipinski definition) is 4. The summed E-state index contributed by atoms with van der Waals surface area (Å²) in [4.78, 5) is 1.52. The quantitative estimate of drug-likeness (QED) is 0.576. The Bertz CT molecular complexity index is 162. The van der Waals surface area contributed by atoms with E-state index in [2.05, 4.69) is 0 Å². The number of halogens is 2. The van der Waals surface area contributed by atoms with E-state index >= 15 is 0 Å². The third kappa shape index (κ3) is 7.92. The molecule has 0 amide bonds. The molecule has 0 aromatic heterocycles. The first-order valence-electron chi connectivity index (χ1n) is 5.57. The molecule has 3 N–H and O–H groups in total. The zero-order valence-corrected chi connectivity index (χ0v) is 9.74. The van der Waals surface area contributed by atoms with E-state index in [1.54, 1.807) is 0 Å². The second-order valence-electron chi connectivity index (χ2n) is 3.52. The van der Waals surface area contributed by atoms with Gasteiger partial charge in [0, 0.05) is 26.2 Å². The van der Waals surface area contributed by atoms with Crippen LogP contribution in [0, 0.1) is 0 Å². The van der Waals surface area contributed by atoms with Crippen molar-refractivity contribution in [2.45, 2.75) is 25.9 Å². The maximum Gasteiger partial charge on any atom is 0.251 e. The smallest absolute Gasteiger partial charge is 0.251 e. The fourth-order valence-corrected chi connectivity index (χ4v) is 1.46. The molecular weight excluding hydrogens is 218 g/mol. The minimum atomic E-state index is -2.38. The lowest BCUT2D eigenvalue weighted by atomic mass is 10.2. The van der Waals surface area contributed by atoms with E-state index < -0.39 is 6.43 Å². The Morgan fingerprint density at radius 2 is 2.06 bits per heavy atom. The van der Waals surface area contributed by atoms with Crippen LogP contribution in [0.5, 0.6) is 0 Å². The summed E-state index contributed by atoms with van der Waals surface area (Å²) in [6.45, 7) is 3.11. The number of alkyl halides is 2. The first kappa shape index (κ1) is 15.7. The van der Waals surface area contributed by atoms with Gasteiger partial charge in [0.25, 0.3) is 6.43 Å². The van der Waals surface area contributed by atoms with E-state index in [9.17, 15) is 8.78 Å². The van der Waals surface area contributed by atoms with Gasteiger partial charge < -0.3 is 15.6 Å². The molecule has 0 saturated carbocycles. The van der Waals surface area contributed by atoms with Crippen molar-refractivity contribution in [2.75, 3.05) is 39.4 Å². The molecule has 16 heavy (non-hydrogen) atoms. The molecule has 0 fully saturated rings. The molecule has 98 valence electrons. The lowest BCUT2D eigenvalue weighted by Crippen LogP contribution is -2.36. The van der Waals surface area contributed by atoms with Crippen molar-refractivity contribution in [2.24, 2.45) is 5.73 Å². The largest absolute Gasteiger partial charge is 0.395 e. The third-order valence-electron chi connectivity index (χ3n) is 2.25. The number of nitrogens with two attached hydrogens (primary N) is 1. The molecule has 0 bridgehead atoms. The predicted octanol–water partition coefficient (Wildman–Crippen LogP) is 0.300. The minimum Gasteiger partial charge on any atom is -0.395 e. The highest BCUT2D eigenvalue weighted by molar-refractivity contribution is 4.65. The molecule has 6 heteroatoms. The predicted molar refractivity (Wildman–Crippen MR) is 58.6 cm³/mol. The molecule has 0 saturated heterocycles. The van der Waals surface area contributed by atoms with Gasteiger partial charge in [0.15, 0.2) is 0 Å². The van der Waals surface area contributed by atoms with Crippen LogP contribution < -0.4 is 5.73 Å². The maximum absolute atomic E-state index is 12.2. The number of aliphatic hydroxyl groups is 1. The molecule has 0 rings (SSSR count). The van der Waals surface area contributed by atoms with Crippen LogP contribution in [-0.2, 0) is 4.74 Å². The van der Waals surface area contributed by atoms with Gasteiger partial charge in [0.2, 0.25) is 0 Å². The van der Waals surface area contributed by atoms with E-state index in [-0.39, 0.29) is 25.8 Å². The Morgan fingerprint density at radius 3 is 2.50 bits per heavy atom. The first-order chi connectivity index (χ1) is 7.63. The van der Waals surface area contributed by atoms with E-state index in [0.29, 0.717) is 26.1 Å². The zero-order valence-electron chi connectivity index (χ0n) is 9.74. The van der Waals surface area contributed by atoms with Gasteiger partial charge in [-0.25, -0.2) is 8.78 Å². The highest BCUT2D eigenvalue weighted by atomic mass is 19.3. The third-order valence-corrected chi connectivity index (χ3v) is 2.25. The number of ether oxygens (including phenoxy) is 1. The maximum atomic E-state index is 12.2. The topological polar surface area (TPSA) is 58.7 Å². The second-order valence-corrected chi connectivity index (χ2v) is 3.52. The number of aliphatic hydroxyl groups excluding tert-OH is 1. The van der Waals surface area contributed by atoms with Crippen molar-refractivity contribution in [1.82, 2.24) is 4.90 Å². The van der Waals surface area contributed by atoms with Crippen molar-refractivity contribution < 1.29 is 18.6 Å². The average Bonchev–Trinajstić information content (AvgIpc) is 2.23. The Kier molecular flexibility index (Phi) is 9.71. The Labute approximate surface area is 95.4 Å². The van der Waals surface area contributed by atoms with Crippen LogP contribution in [0.15, 0.2) is 0 Å². The first-order valence-corrected chi connectivity index (χ1v) is 5.57. The molecule has 1 unspecified atom stereocenters. The molecule has 0 aliphatic rings.